The van der Waals surface area contributed by atoms with E-state index in [1.165, 1.54) is 20.0 Å². The van der Waals surface area contributed by atoms with Gasteiger partial charge in [0.05, 0.1) is 39.1 Å². The van der Waals surface area contributed by atoms with Crippen LogP contribution >= 0.6 is 11.3 Å². The average molecular weight is 502 g/mol. The Morgan fingerprint density at radius 1 is 1.29 bits per heavy atom. The Bertz CT molecular complexity index is 1170. The lowest BCUT2D eigenvalue weighted by molar-refractivity contribution is -0.00177. The summed E-state index contributed by atoms with van der Waals surface area (Å²) in [6.45, 7) is 2.56. The van der Waals surface area contributed by atoms with E-state index in [0.717, 1.165) is 41.6 Å². The summed E-state index contributed by atoms with van der Waals surface area (Å²) in [5, 5.41) is 28.7. The smallest absolute Gasteiger partial charge is 0.255 e. The predicted molar refractivity (Wildman–Crippen MR) is 137 cm³/mol. The quantitative estimate of drug-likeness (QED) is 0.298. The van der Waals surface area contributed by atoms with Gasteiger partial charge in [-0.1, -0.05) is 6.42 Å². The number of benzene rings is 1. The Labute approximate surface area is 208 Å². The van der Waals surface area contributed by atoms with Crippen molar-refractivity contribution in [2.45, 2.75) is 57.3 Å². The first-order valence-electron chi connectivity index (χ1n) is 11.9. The number of carbonyl (C=O) groups is 1. The highest BCUT2D eigenvalue weighted by atomic mass is 32.1. The van der Waals surface area contributed by atoms with E-state index in [9.17, 15) is 19.4 Å². The molecule has 0 spiro atoms. The number of nitrogens with zero attached hydrogens (tertiary/aromatic N) is 2. The van der Waals surface area contributed by atoms with E-state index >= 15 is 0 Å². The highest BCUT2D eigenvalue weighted by molar-refractivity contribution is 7.16. The van der Waals surface area contributed by atoms with Gasteiger partial charge in [-0.25, -0.2) is 14.4 Å². The van der Waals surface area contributed by atoms with E-state index in [1.807, 2.05) is 18.2 Å². The fraction of sp³-hybridized carbons (Fsp3) is 0.480. The number of alkyl halides is 1. The van der Waals surface area contributed by atoms with Gasteiger partial charge in [0, 0.05) is 30.6 Å². The van der Waals surface area contributed by atoms with Crippen molar-refractivity contribution < 1.29 is 19.4 Å². The number of thiazole rings is 1. The Morgan fingerprint density at radius 3 is 2.89 bits per heavy atom. The van der Waals surface area contributed by atoms with Crippen molar-refractivity contribution in [3.05, 3.63) is 41.5 Å². The van der Waals surface area contributed by atoms with Gasteiger partial charge in [0.1, 0.15) is 12.0 Å². The lowest BCUT2D eigenvalue weighted by Crippen LogP contribution is -2.42. The van der Waals surface area contributed by atoms with E-state index in [0.29, 0.717) is 17.1 Å². The first kappa shape index (κ1) is 25.3. The average Bonchev–Trinajstić information content (AvgIpc) is 3.30. The van der Waals surface area contributed by atoms with Gasteiger partial charge in [-0.2, -0.15) is 0 Å². The molecule has 0 bridgehead atoms. The zero-order chi connectivity index (χ0) is 25.0. The summed E-state index contributed by atoms with van der Waals surface area (Å²) in [5.74, 6) is 0.310. The number of rotatable bonds is 9. The highest BCUT2D eigenvalue weighted by Gasteiger charge is 2.28. The zero-order valence-corrected chi connectivity index (χ0v) is 20.7. The van der Waals surface area contributed by atoms with Gasteiger partial charge >= 0.3 is 0 Å². The van der Waals surface area contributed by atoms with E-state index in [2.05, 4.69) is 25.9 Å². The monoisotopic (exact) mass is 501 g/mol. The van der Waals surface area contributed by atoms with E-state index in [4.69, 9.17) is 0 Å². The Morgan fingerprint density at radius 2 is 2.11 bits per heavy atom. The number of anilines is 3. The first-order valence-corrected chi connectivity index (χ1v) is 12.7. The molecule has 188 valence electrons. The summed E-state index contributed by atoms with van der Waals surface area (Å²) in [4.78, 5) is 21.7. The molecule has 10 heteroatoms. The molecular formula is C25H32FN5O3S. The molecular weight excluding hydrogens is 469 g/mol. The maximum Gasteiger partial charge on any atom is 0.255 e. The Kier molecular flexibility index (Phi) is 7.83. The van der Waals surface area contributed by atoms with Crippen LogP contribution in [0.25, 0.3) is 10.2 Å². The molecule has 4 rings (SSSR count). The molecule has 5 N–H and O–H groups in total. The molecule has 1 aliphatic carbocycles. The summed E-state index contributed by atoms with van der Waals surface area (Å²) in [6.07, 6.45) is 3.56. The number of halogens is 1. The third-order valence-electron chi connectivity index (χ3n) is 6.36. The van der Waals surface area contributed by atoms with Crippen LogP contribution in [0.3, 0.4) is 0 Å². The van der Waals surface area contributed by atoms with Crippen LogP contribution in [-0.2, 0) is 0 Å². The number of aliphatic hydroxyl groups is 2. The summed E-state index contributed by atoms with van der Waals surface area (Å²) >= 11 is 1.55. The van der Waals surface area contributed by atoms with Crippen molar-refractivity contribution in [2.75, 3.05) is 23.8 Å². The molecule has 35 heavy (non-hydrogen) atoms. The molecule has 2 unspecified atom stereocenters. The minimum atomic E-state index is -1.61. The third kappa shape index (κ3) is 6.45. The molecule has 2 heterocycles. The Balaban J connectivity index is 1.56. The second-order valence-corrected chi connectivity index (χ2v) is 10.5. The molecule has 1 aliphatic rings. The fourth-order valence-electron chi connectivity index (χ4n) is 4.24. The van der Waals surface area contributed by atoms with Crippen LogP contribution in [0.15, 0.2) is 36.0 Å². The number of aromatic nitrogens is 2. The number of amides is 1. The number of hydrogen-bond donors (Lipinski definition) is 5. The van der Waals surface area contributed by atoms with Gasteiger partial charge in [-0.15, -0.1) is 11.3 Å². The van der Waals surface area contributed by atoms with Crippen molar-refractivity contribution in [2.24, 2.45) is 5.92 Å². The minimum absolute atomic E-state index is 0.0987. The number of aliphatic hydroxyl groups excluding tert-OH is 1. The molecule has 1 amide bonds. The molecule has 8 nitrogen and oxygen atoms in total. The van der Waals surface area contributed by atoms with Crippen LogP contribution in [0.4, 0.5) is 21.6 Å². The maximum atomic E-state index is 14.2. The number of pyridine rings is 1. The standard InChI is InChI=1S/C25H32FN5O3S/c1-25(2,34)22(26)12-28-24(33)18-11-27-23(31-17-6-7-19-21(9-17)35-14-29-19)10-20(18)30-16-5-3-4-15(8-16)13-32/h6-7,9-11,14-16,22,32,34H,3-5,8,12-13H2,1-2H3,(H,28,33)(H2,27,30,31)/t15?,16?,22-/m1/s1. The number of nitrogens with one attached hydrogen (secondary N) is 3. The summed E-state index contributed by atoms with van der Waals surface area (Å²) in [7, 11) is 0. The van der Waals surface area contributed by atoms with Gasteiger partial charge in [-0.05, 0) is 57.2 Å². The molecule has 0 radical (unpaired) electrons. The van der Waals surface area contributed by atoms with Gasteiger partial charge in [0.2, 0.25) is 0 Å². The molecule has 3 atom stereocenters. The van der Waals surface area contributed by atoms with Crippen LogP contribution in [0.2, 0.25) is 0 Å². The minimum Gasteiger partial charge on any atom is -0.396 e. The molecule has 1 saturated carbocycles. The highest BCUT2D eigenvalue weighted by Crippen LogP contribution is 2.30. The SMILES string of the molecule is CC(C)(O)[C@H](F)CNC(=O)c1cnc(Nc2ccc3ncsc3c2)cc1NC1CCCC(CO)C1. The van der Waals surface area contributed by atoms with Gasteiger partial charge in [0.25, 0.3) is 5.91 Å². The van der Waals surface area contributed by atoms with Crippen LogP contribution < -0.4 is 16.0 Å². The largest absolute Gasteiger partial charge is 0.396 e. The number of carbonyl (C=O) groups excluding carboxylic acids is 1. The third-order valence-corrected chi connectivity index (χ3v) is 7.15. The lowest BCUT2D eigenvalue weighted by atomic mass is 9.86. The van der Waals surface area contributed by atoms with Crippen molar-refractivity contribution in [3.63, 3.8) is 0 Å². The maximum absolute atomic E-state index is 14.2. The van der Waals surface area contributed by atoms with E-state index in [1.54, 1.807) is 22.9 Å². The van der Waals surface area contributed by atoms with Gasteiger partial charge in [0.15, 0.2) is 0 Å². The van der Waals surface area contributed by atoms with E-state index in [-0.39, 0.29) is 25.1 Å². The Hall–Kier alpha value is -2.82. The summed E-state index contributed by atoms with van der Waals surface area (Å²) in [6, 6.07) is 7.72. The van der Waals surface area contributed by atoms with Crippen molar-refractivity contribution >= 4 is 44.7 Å². The van der Waals surface area contributed by atoms with Crippen LogP contribution in [0, 0.1) is 5.92 Å². The molecule has 1 aromatic carbocycles. The van der Waals surface area contributed by atoms with Crippen LogP contribution in [-0.4, -0.2) is 57.1 Å². The first-order chi connectivity index (χ1) is 16.7. The molecule has 0 aliphatic heterocycles. The molecule has 3 aromatic rings. The summed E-state index contributed by atoms with van der Waals surface area (Å²) < 4.78 is 15.3. The van der Waals surface area contributed by atoms with Gasteiger partial charge in [-0.3, -0.25) is 4.79 Å². The molecule has 1 fully saturated rings. The number of fused-ring (bicyclic) bond motifs is 1. The second-order valence-electron chi connectivity index (χ2n) is 9.66. The lowest BCUT2D eigenvalue weighted by Gasteiger charge is -2.30. The second kappa shape index (κ2) is 10.8. The van der Waals surface area contributed by atoms with E-state index < -0.39 is 17.7 Å². The van der Waals surface area contributed by atoms with Crippen LogP contribution in [0.5, 0.6) is 0 Å². The van der Waals surface area contributed by atoms with Crippen molar-refractivity contribution in [1.82, 2.24) is 15.3 Å². The molecule has 2 aromatic heterocycles. The topological polar surface area (TPSA) is 119 Å². The van der Waals surface area contributed by atoms with Crippen molar-refractivity contribution in [1.29, 1.82) is 0 Å². The molecule has 0 saturated heterocycles. The fourth-order valence-corrected chi connectivity index (χ4v) is 4.96. The number of hydrogen-bond acceptors (Lipinski definition) is 8. The van der Waals surface area contributed by atoms with Gasteiger partial charge < -0.3 is 26.2 Å². The predicted octanol–water partition coefficient (Wildman–Crippen LogP) is 4.24. The van der Waals surface area contributed by atoms with Crippen molar-refractivity contribution in [3.8, 4) is 0 Å². The van der Waals surface area contributed by atoms with Crippen LogP contribution in [0.1, 0.15) is 49.9 Å². The zero-order valence-electron chi connectivity index (χ0n) is 19.9. The normalized spacial score (nSPS) is 19.3. The summed E-state index contributed by atoms with van der Waals surface area (Å²) in [5.41, 5.74) is 2.90.